The third-order valence-electron chi connectivity index (χ3n) is 3.93. The van der Waals surface area contributed by atoms with Crippen LogP contribution in [0.25, 0.3) is 0 Å². The van der Waals surface area contributed by atoms with Crippen LogP contribution in [0.4, 0.5) is 13.2 Å². The van der Waals surface area contributed by atoms with Crippen LogP contribution < -0.4 is 5.32 Å². The SMILES string of the molecule is CNC1C(Sc2ccc(C(F)(F)F)cn2)CCC1(C)C. The first kappa shape index (κ1) is 15.6. The zero-order valence-electron chi connectivity index (χ0n) is 11.8. The minimum absolute atomic E-state index is 0.207. The Kier molecular flexibility index (Phi) is 4.35. The standard InChI is InChI=1S/C14H19F3N2S/c1-13(2)7-6-10(12(13)18-3)20-11-5-4-9(8-19-11)14(15,16)17/h4-5,8,10,12,18H,6-7H2,1-3H3. The summed E-state index contributed by atoms with van der Waals surface area (Å²) in [7, 11) is 1.94. The molecule has 0 aliphatic heterocycles. The number of rotatable bonds is 3. The van der Waals surface area contributed by atoms with Crippen molar-refractivity contribution in [3.8, 4) is 0 Å². The van der Waals surface area contributed by atoms with Gasteiger partial charge in [-0.15, -0.1) is 11.8 Å². The highest BCUT2D eigenvalue weighted by atomic mass is 32.2. The van der Waals surface area contributed by atoms with Crippen LogP contribution in [-0.2, 0) is 6.18 Å². The Morgan fingerprint density at radius 1 is 1.35 bits per heavy atom. The molecule has 0 spiro atoms. The maximum atomic E-state index is 12.5. The lowest BCUT2D eigenvalue weighted by Gasteiger charge is -2.29. The maximum absolute atomic E-state index is 12.5. The fourth-order valence-corrected chi connectivity index (χ4v) is 4.26. The van der Waals surface area contributed by atoms with E-state index in [0.29, 0.717) is 16.3 Å². The van der Waals surface area contributed by atoms with Crippen molar-refractivity contribution in [1.82, 2.24) is 10.3 Å². The molecule has 2 atom stereocenters. The first-order valence-corrected chi connectivity index (χ1v) is 7.49. The molecule has 112 valence electrons. The molecule has 0 bridgehead atoms. The van der Waals surface area contributed by atoms with Crippen LogP contribution in [0.3, 0.4) is 0 Å². The number of aromatic nitrogens is 1. The van der Waals surface area contributed by atoms with Crippen molar-refractivity contribution in [2.45, 2.75) is 49.2 Å². The van der Waals surface area contributed by atoms with E-state index in [1.54, 1.807) is 11.8 Å². The molecule has 1 aromatic rings. The number of alkyl halides is 3. The quantitative estimate of drug-likeness (QED) is 0.914. The van der Waals surface area contributed by atoms with Crippen LogP contribution in [0, 0.1) is 5.41 Å². The Hall–Kier alpha value is -0.750. The smallest absolute Gasteiger partial charge is 0.315 e. The summed E-state index contributed by atoms with van der Waals surface area (Å²) < 4.78 is 37.5. The molecule has 0 aromatic carbocycles. The maximum Gasteiger partial charge on any atom is 0.417 e. The molecule has 1 heterocycles. The fourth-order valence-electron chi connectivity index (χ4n) is 2.82. The number of pyridine rings is 1. The van der Waals surface area contributed by atoms with E-state index in [1.807, 2.05) is 7.05 Å². The molecule has 20 heavy (non-hydrogen) atoms. The van der Waals surface area contributed by atoms with E-state index in [2.05, 4.69) is 24.1 Å². The molecule has 1 N–H and O–H groups in total. The van der Waals surface area contributed by atoms with Gasteiger partial charge in [-0.05, 0) is 37.4 Å². The van der Waals surface area contributed by atoms with Gasteiger partial charge in [0.2, 0.25) is 0 Å². The van der Waals surface area contributed by atoms with E-state index in [9.17, 15) is 13.2 Å². The van der Waals surface area contributed by atoms with Crippen molar-refractivity contribution in [2.24, 2.45) is 5.41 Å². The molecule has 1 aliphatic rings. The highest BCUT2D eigenvalue weighted by molar-refractivity contribution is 7.99. The summed E-state index contributed by atoms with van der Waals surface area (Å²) in [5, 5.41) is 4.33. The molecule has 2 rings (SSSR count). The molecule has 0 radical (unpaired) electrons. The lowest BCUT2D eigenvalue weighted by Crippen LogP contribution is -2.41. The Morgan fingerprint density at radius 3 is 2.55 bits per heavy atom. The van der Waals surface area contributed by atoms with Crippen LogP contribution in [-0.4, -0.2) is 23.3 Å². The second-order valence-corrected chi connectivity index (χ2v) is 7.09. The van der Waals surface area contributed by atoms with Gasteiger partial charge >= 0.3 is 6.18 Å². The highest BCUT2D eigenvalue weighted by Gasteiger charge is 2.41. The Bertz CT molecular complexity index is 456. The van der Waals surface area contributed by atoms with Crippen molar-refractivity contribution in [2.75, 3.05) is 7.05 Å². The minimum Gasteiger partial charge on any atom is -0.315 e. The summed E-state index contributed by atoms with van der Waals surface area (Å²) >= 11 is 1.56. The van der Waals surface area contributed by atoms with Gasteiger partial charge < -0.3 is 5.32 Å². The molecule has 1 aromatic heterocycles. The molecule has 2 unspecified atom stereocenters. The van der Waals surface area contributed by atoms with Gasteiger partial charge in [-0.1, -0.05) is 13.8 Å². The number of hydrogen-bond donors (Lipinski definition) is 1. The first-order chi connectivity index (χ1) is 9.24. The Labute approximate surface area is 121 Å². The van der Waals surface area contributed by atoms with Gasteiger partial charge in [0.1, 0.15) is 0 Å². The zero-order valence-corrected chi connectivity index (χ0v) is 12.6. The molecule has 1 aliphatic carbocycles. The van der Waals surface area contributed by atoms with Gasteiger partial charge in [0.25, 0.3) is 0 Å². The summed E-state index contributed by atoms with van der Waals surface area (Å²) in [6.45, 7) is 4.43. The van der Waals surface area contributed by atoms with E-state index >= 15 is 0 Å². The van der Waals surface area contributed by atoms with Crippen molar-refractivity contribution in [1.29, 1.82) is 0 Å². The lowest BCUT2D eigenvalue weighted by molar-refractivity contribution is -0.137. The second kappa shape index (κ2) is 5.56. The zero-order chi connectivity index (χ0) is 15.0. The third kappa shape index (κ3) is 3.28. The number of hydrogen-bond acceptors (Lipinski definition) is 3. The number of nitrogens with zero attached hydrogens (tertiary/aromatic N) is 1. The predicted molar refractivity (Wildman–Crippen MR) is 74.7 cm³/mol. The average Bonchev–Trinajstić information content (AvgIpc) is 2.63. The summed E-state index contributed by atoms with van der Waals surface area (Å²) in [5.74, 6) is 0. The second-order valence-electron chi connectivity index (χ2n) is 5.83. The molecule has 1 saturated carbocycles. The third-order valence-corrected chi connectivity index (χ3v) is 5.23. The largest absolute Gasteiger partial charge is 0.417 e. The number of nitrogens with one attached hydrogen (secondary N) is 1. The fraction of sp³-hybridized carbons (Fsp3) is 0.643. The van der Waals surface area contributed by atoms with E-state index < -0.39 is 11.7 Å². The van der Waals surface area contributed by atoms with Gasteiger partial charge in [0.05, 0.1) is 10.6 Å². The summed E-state index contributed by atoms with van der Waals surface area (Å²) in [5.41, 5.74) is -0.489. The van der Waals surface area contributed by atoms with E-state index in [0.717, 1.165) is 25.1 Å². The van der Waals surface area contributed by atoms with Gasteiger partial charge in [0.15, 0.2) is 0 Å². The van der Waals surface area contributed by atoms with E-state index in [-0.39, 0.29) is 5.41 Å². The molecular formula is C14H19F3N2S. The predicted octanol–water partition coefficient (Wildman–Crippen LogP) is 3.97. The van der Waals surface area contributed by atoms with Crippen molar-refractivity contribution in [3.05, 3.63) is 23.9 Å². The molecule has 1 fully saturated rings. The normalized spacial score (nSPS) is 25.9. The topological polar surface area (TPSA) is 24.9 Å². The Morgan fingerprint density at radius 2 is 2.05 bits per heavy atom. The van der Waals surface area contributed by atoms with Crippen LogP contribution in [0.2, 0.25) is 0 Å². The summed E-state index contributed by atoms with van der Waals surface area (Å²) in [6, 6.07) is 2.91. The van der Waals surface area contributed by atoms with Crippen molar-refractivity contribution < 1.29 is 13.2 Å². The van der Waals surface area contributed by atoms with Crippen LogP contribution in [0.15, 0.2) is 23.4 Å². The molecule has 0 saturated heterocycles. The van der Waals surface area contributed by atoms with Gasteiger partial charge in [0, 0.05) is 17.5 Å². The highest BCUT2D eigenvalue weighted by Crippen LogP contribution is 2.44. The van der Waals surface area contributed by atoms with Gasteiger partial charge in [-0.25, -0.2) is 4.98 Å². The van der Waals surface area contributed by atoms with E-state index in [4.69, 9.17) is 0 Å². The molecule has 2 nitrogen and oxygen atoms in total. The average molecular weight is 304 g/mol. The summed E-state index contributed by atoms with van der Waals surface area (Å²) in [4.78, 5) is 3.94. The van der Waals surface area contributed by atoms with Crippen LogP contribution >= 0.6 is 11.8 Å². The number of halogens is 3. The minimum atomic E-state index is -4.32. The lowest BCUT2D eigenvalue weighted by atomic mass is 9.87. The van der Waals surface area contributed by atoms with E-state index in [1.165, 1.54) is 6.07 Å². The molecule has 6 heteroatoms. The van der Waals surface area contributed by atoms with Gasteiger partial charge in [-0.2, -0.15) is 13.2 Å². The molecule has 0 amide bonds. The summed E-state index contributed by atoms with van der Waals surface area (Å²) in [6.07, 6.45) is -1.25. The molecular weight excluding hydrogens is 285 g/mol. The number of thioether (sulfide) groups is 1. The van der Waals surface area contributed by atoms with Crippen LogP contribution in [0.1, 0.15) is 32.3 Å². The first-order valence-electron chi connectivity index (χ1n) is 6.61. The van der Waals surface area contributed by atoms with Gasteiger partial charge in [-0.3, -0.25) is 0 Å². The monoisotopic (exact) mass is 304 g/mol. The Balaban J connectivity index is 2.07. The van der Waals surface area contributed by atoms with Crippen LogP contribution in [0.5, 0.6) is 0 Å². The van der Waals surface area contributed by atoms with Crippen molar-refractivity contribution >= 4 is 11.8 Å². The van der Waals surface area contributed by atoms with Crippen molar-refractivity contribution in [3.63, 3.8) is 0 Å².